The number of hydrogen-bond acceptors (Lipinski definition) is 3. The van der Waals surface area contributed by atoms with Gasteiger partial charge in [0.15, 0.2) is 0 Å². The molecule has 0 saturated heterocycles. The minimum Gasteiger partial charge on any atom is -0.371 e. The Morgan fingerprint density at radius 3 is 2.96 bits per heavy atom. The average molecular weight is 334 g/mol. The second kappa shape index (κ2) is 6.72. The van der Waals surface area contributed by atoms with Crippen LogP contribution in [0.4, 0.5) is 0 Å². The number of hydrogen-bond donors (Lipinski definition) is 1. The van der Waals surface area contributed by atoms with Crippen molar-refractivity contribution in [2.75, 3.05) is 13.2 Å². The Morgan fingerprint density at radius 1 is 1.43 bits per heavy atom. The molecule has 1 aromatic carbocycles. The predicted octanol–water partition coefficient (Wildman–Crippen LogP) is 2.58. The van der Waals surface area contributed by atoms with Crippen LogP contribution >= 0.6 is 11.6 Å². The number of ether oxygens (including phenoxy) is 1. The Labute approximate surface area is 140 Å². The number of aromatic nitrogens is 2. The van der Waals surface area contributed by atoms with E-state index < -0.39 is 0 Å². The summed E-state index contributed by atoms with van der Waals surface area (Å²) in [6, 6.07) is 8.21. The first-order valence-corrected chi connectivity index (χ1v) is 8.09. The summed E-state index contributed by atoms with van der Waals surface area (Å²) < 4.78 is 7.42. The Hall–Kier alpha value is -1.85. The van der Waals surface area contributed by atoms with Gasteiger partial charge >= 0.3 is 0 Å². The van der Waals surface area contributed by atoms with Crippen molar-refractivity contribution in [3.63, 3.8) is 0 Å². The van der Waals surface area contributed by atoms with E-state index in [0.717, 1.165) is 23.4 Å². The lowest BCUT2D eigenvalue weighted by molar-refractivity contribution is -0.122. The molecule has 0 spiro atoms. The third-order valence-electron chi connectivity index (χ3n) is 4.16. The van der Waals surface area contributed by atoms with E-state index in [-0.39, 0.29) is 18.6 Å². The van der Waals surface area contributed by atoms with Crippen molar-refractivity contribution >= 4 is 17.5 Å². The molecule has 0 aliphatic carbocycles. The molecular formula is C17H20ClN3O2. The van der Waals surface area contributed by atoms with Crippen molar-refractivity contribution in [1.82, 2.24) is 15.1 Å². The molecule has 2 heterocycles. The molecule has 1 aliphatic rings. The van der Waals surface area contributed by atoms with Crippen molar-refractivity contribution in [2.45, 2.75) is 32.9 Å². The number of rotatable bonds is 4. The summed E-state index contributed by atoms with van der Waals surface area (Å²) in [5, 5.41) is 7.82. The van der Waals surface area contributed by atoms with E-state index in [2.05, 4.69) is 22.5 Å². The normalized spacial score (nSPS) is 16.9. The molecule has 0 fully saturated rings. The Balaban J connectivity index is 1.61. The van der Waals surface area contributed by atoms with Gasteiger partial charge in [0.1, 0.15) is 12.6 Å². The molecule has 2 aromatic rings. The summed E-state index contributed by atoms with van der Waals surface area (Å²) in [6.07, 6.45) is 0.832. The van der Waals surface area contributed by atoms with Gasteiger partial charge in [-0.3, -0.25) is 9.48 Å². The van der Waals surface area contributed by atoms with Crippen LogP contribution in [-0.4, -0.2) is 28.8 Å². The highest BCUT2D eigenvalue weighted by atomic mass is 35.5. The van der Waals surface area contributed by atoms with Crippen LogP contribution in [0.5, 0.6) is 0 Å². The first-order chi connectivity index (χ1) is 11.1. The number of carbonyl (C=O) groups excluding carboxylic acids is 1. The lowest BCUT2D eigenvalue weighted by Crippen LogP contribution is -2.34. The highest BCUT2D eigenvalue weighted by Crippen LogP contribution is 2.26. The van der Waals surface area contributed by atoms with Crippen LogP contribution in [0, 0.1) is 13.8 Å². The van der Waals surface area contributed by atoms with Gasteiger partial charge in [0.2, 0.25) is 5.91 Å². The molecule has 1 atom stereocenters. The van der Waals surface area contributed by atoms with Gasteiger partial charge in [-0.25, -0.2) is 0 Å². The molecule has 5 nitrogen and oxygen atoms in total. The number of amides is 1. The molecule has 23 heavy (non-hydrogen) atoms. The molecule has 6 heteroatoms. The molecule has 3 rings (SSSR count). The average Bonchev–Trinajstić information content (AvgIpc) is 2.80. The lowest BCUT2D eigenvalue weighted by Gasteiger charge is -2.26. The van der Waals surface area contributed by atoms with Crippen LogP contribution in [0.15, 0.2) is 24.3 Å². The topological polar surface area (TPSA) is 56.2 Å². The third-order valence-corrected chi connectivity index (χ3v) is 4.71. The third kappa shape index (κ3) is 3.41. The minimum atomic E-state index is -0.0982. The minimum absolute atomic E-state index is 0.0899. The standard InChI is InChI=1S/C17H20ClN3O2/c1-11-17(18)12(2)21(20-11)10-16(22)19-9-15-14-6-4-3-5-13(14)7-8-23-15/h3-6,15H,7-10H2,1-2H3,(H,19,22)/t15-/m1/s1. The number of carbonyl (C=O) groups is 1. The molecule has 1 aromatic heterocycles. The van der Waals surface area contributed by atoms with Crippen molar-refractivity contribution in [1.29, 1.82) is 0 Å². The Bertz CT molecular complexity index is 727. The number of fused-ring (bicyclic) bond motifs is 1. The number of nitrogens with zero attached hydrogens (tertiary/aromatic N) is 2. The van der Waals surface area contributed by atoms with E-state index in [9.17, 15) is 4.79 Å². The number of benzene rings is 1. The van der Waals surface area contributed by atoms with Crippen LogP contribution in [0.1, 0.15) is 28.6 Å². The monoisotopic (exact) mass is 333 g/mol. The maximum atomic E-state index is 12.2. The van der Waals surface area contributed by atoms with Gasteiger partial charge in [0, 0.05) is 6.54 Å². The van der Waals surface area contributed by atoms with E-state index in [1.54, 1.807) is 4.68 Å². The second-order valence-corrected chi connectivity index (χ2v) is 6.13. The number of aryl methyl sites for hydroxylation is 1. The smallest absolute Gasteiger partial charge is 0.241 e. The molecule has 1 N–H and O–H groups in total. The fourth-order valence-corrected chi connectivity index (χ4v) is 3.01. The quantitative estimate of drug-likeness (QED) is 0.935. The first-order valence-electron chi connectivity index (χ1n) is 7.72. The molecule has 1 aliphatic heterocycles. The Morgan fingerprint density at radius 2 is 2.22 bits per heavy atom. The summed E-state index contributed by atoms with van der Waals surface area (Å²) >= 11 is 6.10. The van der Waals surface area contributed by atoms with Crippen molar-refractivity contribution < 1.29 is 9.53 Å². The summed E-state index contributed by atoms with van der Waals surface area (Å²) in [6.45, 7) is 4.99. The van der Waals surface area contributed by atoms with E-state index >= 15 is 0 Å². The van der Waals surface area contributed by atoms with E-state index in [4.69, 9.17) is 16.3 Å². The van der Waals surface area contributed by atoms with Crippen LogP contribution in [0.3, 0.4) is 0 Å². The molecular weight excluding hydrogens is 314 g/mol. The van der Waals surface area contributed by atoms with Crippen molar-refractivity contribution in [3.05, 3.63) is 51.8 Å². The van der Waals surface area contributed by atoms with Crippen molar-refractivity contribution in [2.24, 2.45) is 0 Å². The van der Waals surface area contributed by atoms with Crippen LogP contribution in [0.2, 0.25) is 5.02 Å². The predicted molar refractivity (Wildman–Crippen MR) is 88.6 cm³/mol. The first kappa shape index (κ1) is 16.0. The lowest BCUT2D eigenvalue weighted by atomic mass is 9.97. The molecule has 122 valence electrons. The van der Waals surface area contributed by atoms with Crippen molar-refractivity contribution in [3.8, 4) is 0 Å². The zero-order valence-electron chi connectivity index (χ0n) is 13.3. The van der Waals surface area contributed by atoms with Gasteiger partial charge in [-0.05, 0) is 31.4 Å². The molecule has 0 bridgehead atoms. The maximum Gasteiger partial charge on any atom is 0.241 e. The highest BCUT2D eigenvalue weighted by molar-refractivity contribution is 6.31. The maximum absolute atomic E-state index is 12.2. The van der Waals surface area contributed by atoms with Gasteiger partial charge in [-0.2, -0.15) is 5.10 Å². The van der Waals surface area contributed by atoms with Gasteiger partial charge in [0.05, 0.1) is 23.0 Å². The summed E-state index contributed by atoms with van der Waals surface area (Å²) in [5.41, 5.74) is 4.00. The number of halogens is 1. The Kier molecular flexibility index (Phi) is 4.68. The van der Waals surface area contributed by atoms with Crippen LogP contribution in [0.25, 0.3) is 0 Å². The summed E-state index contributed by atoms with van der Waals surface area (Å²) in [5.74, 6) is -0.0982. The van der Waals surface area contributed by atoms with E-state index in [1.165, 1.54) is 5.56 Å². The highest BCUT2D eigenvalue weighted by Gasteiger charge is 2.21. The number of nitrogens with one attached hydrogen (secondary N) is 1. The van der Waals surface area contributed by atoms with Crippen LogP contribution < -0.4 is 5.32 Å². The summed E-state index contributed by atoms with van der Waals surface area (Å²) in [7, 11) is 0. The zero-order valence-corrected chi connectivity index (χ0v) is 14.1. The summed E-state index contributed by atoms with van der Waals surface area (Å²) in [4.78, 5) is 12.2. The fraction of sp³-hybridized carbons (Fsp3) is 0.412. The molecule has 0 radical (unpaired) electrons. The van der Waals surface area contributed by atoms with Crippen LogP contribution in [-0.2, 0) is 22.5 Å². The van der Waals surface area contributed by atoms with Gasteiger partial charge in [-0.1, -0.05) is 35.9 Å². The molecule has 0 saturated carbocycles. The SMILES string of the molecule is Cc1nn(CC(=O)NC[C@H]2OCCc3ccccc32)c(C)c1Cl. The van der Waals surface area contributed by atoms with Gasteiger partial charge < -0.3 is 10.1 Å². The molecule has 1 amide bonds. The largest absolute Gasteiger partial charge is 0.371 e. The van der Waals surface area contributed by atoms with Gasteiger partial charge in [0.25, 0.3) is 0 Å². The van der Waals surface area contributed by atoms with E-state index in [1.807, 2.05) is 26.0 Å². The second-order valence-electron chi connectivity index (χ2n) is 5.75. The van der Waals surface area contributed by atoms with E-state index in [0.29, 0.717) is 18.2 Å². The zero-order chi connectivity index (χ0) is 16.4. The van der Waals surface area contributed by atoms with Gasteiger partial charge in [-0.15, -0.1) is 0 Å². The fourth-order valence-electron chi connectivity index (χ4n) is 2.87. The molecule has 0 unspecified atom stereocenters.